The zero-order valence-corrected chi connectivity index (χ0v) is 13.2. The molecule has 0 aromatic heterocycles. The Morgan fingerprint density at radius 1 is 1.32 bits per heavy atom. The van der Waals surface area contributed by atoms with Crippen LogP contribution in [0.4, 0.5) is 0 Å². The maximum atomic E-state index is 6.27. The van der Waals surface area contributed by atoms with Gasteiger partial charge < -0.3 is 10.6 Å². The molecular formula is C15H24ClN3. The maximum absolute atomic E-state index is 6.27. The summed E-state index contributed by atoms with van der Waals surface area (Å²) in [6.07, 6.45) is 0. The predicted octanol–water partition coefficient (Wildman–Crippen LogP) is 3.19. The van der Waals surface area contributed by atoms with Gasteiger partial charge >= 0.3 is 0 Å². The number of aliphatic imine (C=N–C) groups is 1. The van der Waals surface area contributed by atoms with E-state index < -0.39 is 0 Å². The van der Waals surface area contributed by atoms with Crippen molar-refractivity contribution in [3.05, 3.63) is 34.9 Å². The van der Waals surface area contributed by atoms with Gasteiger partial charge in [-0.2, -0.15) is 0 Å². The third-order valence-electron chi connectivity index (χ3n) is 2.95. The van der Waals surface area contributed by atoms with Crippen molar-refractivity contribution in [2.45, 2.75) is 39.2 Å². The molecule has 2 N–H and O–H groups in total. The van der Waals surface area contributed by atoms with E-state index in [1.807, 2.05) is 18.2 Å². The summed E-state index contributed by atoms with van der Waals surface area (Å²) in [5.74, 6) is 0.815. The van der Waals surface area contributed by atoms with Crippen LogP contribution < -0.4 is 10.6 Å². The number of rotatable bonds is 4. The Balaban J connectivity index is 2.73. The summed E-state index contributed by atoms with van der Waals surface area (Å²) >= 11 is 6.27. The van der Waals surface area contributed by atoms with Crippen molar-refractivity contribution in [2.75, 3.05) is 13.6 Å². The van der Waals surface area contributed by atoms with Crippen molar-refractivity contribution < 1.29 is 0 Å². The third-order valence-corrected chi connectivity index (χ3v) is 3.28. The monoisotopic (exact) mass is 281 g/mol. The number of halogens is 1. The first-order chi connectivity index (χ1) is 8.86. The van der Waals surface area contributed by atoms with Gasteiger partial charge in [-0.05, 0) is 25.5 Å². The van der Waals surface area contributed by atoms with E-state index in [9.17, 15) is 0 Å². The average Bonchev–Trinajstić information content (AvgIpc) is 2.34. The number of benzene rings is 1. The minimum atomic E-state index is -0.0626. The molecular weight excluding hydrogens is 258 g/mol. The van der Waals surface area contributed by atoms with Crippen LogP contribution in [0.25, 0.3) is 0 Å². The topological polar surface area (TPSA) is 36.4 Å². The molecule has 0 spiro atoms. The Hall–Kier alpha value is -1.22. The predicted molar refractivity (Wildman–Crippen MR) is 84.1 cm³/mol. The summed E-state index contributed by atoms with van der Waals surface area (Å²) in [6.45, 7) is 9.29. The standard InChI is InChI=1S/C15H24ClN3/c1-11(2)19-14(17-5)18-10-15(3,4)12-8-6-7-9-13(12)16/h6-9,11H,10H2,1-5H3,(H2,17,18,19). The Bertz CT molecular complexity index is 439. The van der Waals surface area contributed by atoms with Crippen LogP contribution in [0.15, 0.2) is 29.3 Å². The number of guanidine groups is 1. The molecule has 0 radical (unpaired) electrons. The van der Waals surface area contributed by atoms with Crippen molar-refractivity contribution in [3.63, 3.8) is 0 Å². The minimum Gasteiger partial charge on any atom is -0.356 e. The zero-order chi connectivity index (χ0) is 14.5. The molecule has 19 heavy (non-hydrogen) atoms. The van der Waals surface area contributed by atoms with Crippen molar-refractivity contribution in [3.8, 4) is 0 Å². The highest BCUT2D eigenvalue weighted by molar-refractivity contribution is 6.31. The van der Waals surface area contributed by atoms with Crippen LogP contribution in [-0.2, 0) is 5.41 Å². The molecule has 0 saturated carbocycles. The highest BCUT2D eigenvalue weighted by Gasteiger charge is 2.23. The van der Waals surface area contributed by atoms with Crippen molar-refractivity contribution >= 4 is 17.6 Å². The smallest absolute Gasteiger partial charge is 0.191 e. The Kier molecular flexibility index (Phi) is 5.67. The van der Waals surface area contributed by atoms with Crippen LogP contribution in [0.5, 0.6) is 0 Å². The minimum absolute atomic E-state index is 0.0626. The van der Waals surface area contributed by atoms with Crippen LogP contribution in [0.1, 0.15) is 33.3 Å². The summed E-state index contributed by atoms with van der Waals surface area (Å²) in [6, 6.07) is 8.33. The number of hydrogen-bond acceptors (Lipinski definition) is 1. The van der Waals surface area contributed by atoms with E-state index in [0.29, 0.717) is 6.04 Å². The third kappa shape index (κ3) is 4.75. The zero-order valence-electron chi connectivity index (χ0n) is 12.4. The van der Waals surface area contributed by atoms with Gasteiger partial charge in [0.1, 0.15) is 0 Å². The second-order valence-electron chi connectivity index (χ2n) is 5.59. The molecule has 106 valence electrons. The van der Waals surface area contributed by atoms with Gasteiger partial charge in [0.25, 0.3) is 0 Å². The molecule has 3 nitrogen and oxygen atoms in total. The van der Waals surface area contributed by atoms with Crippen molar-refractivity contribution in [1.29, 1.82) is 0 Å². The summed E-state index contributed by atoms with van der Waals surface area (Å²) in [5.41, 5.74) is 1.08. The lowest BCUT2D eigenvalue weighted by atomic mass is 9.84. The Labute approximate surface area is 121 Å². The molecule has 0 aliphatic rings. The maximum Gasteiger partial charge on any atom is 0.191 e. The van der Waals surface area contributed by atoms with Gasteiger partial charge in [0.05, 0.1) is 0 Å². The first kappa shape index (κ1) is 15.8. The SMILES string of the molecule is CN=C(NCC(C)(C)c1ccccc1Cl)NC(C)C. The first-order valence-corrected chi connectivity index (χ1v) is 6.97. The van der Waals surface area contributed by atoms with Crippen LogP contribution in [-0.4, -0.2) is 25.6 Å². The van der Waals surface area contributed by atoms with Gasteiger partial charge in [0.15, 0.2) is 5.96 Å². The fraction of sp³-hybridized carbons (Fsp3) is 0.533. The fourth-order valence-corrected chi connectivity index (χ4v) is 2.27. The largest absolute Gasteiger partial charge is 0.356 e. The van der Waals surface area contributed by atoms with Gasteiger partial charge in [-0.1, -0.05) is 43.6 Å². The van der Waals surface area contributed by atoms with E-state index in [-0.39, 0.29) is 5.41 Å². The normalized spacial score (nSPS) is 12.7. The van der Waals surface area contributed by atoms with Crippen LogP contribution in [0.2, 0.25) is 5.02 Å². The molecule has 0 bridgehead atoms. The lowest BCUT2D eigenvalue weighted by molar-refractivity contribution is 0.506. The second kappa shape index (κ2) is 6.80. The molecule has 0 unspecified atom stereocenters. The van der Waals surface area contributed by atoms with Crippen molar-refractivity contribution in [2.24, 2.45) is 4.99 Å². The molecule has 0 aliphatic heterocycles. The van der Waals surface area contributed by atoms with Crippen LogP contribution in [0.3, 0.4) is 0 Å². The van der Waals surface area contributed by atoms with Gasteiger partial charge in [0, 0.05) is 30.1 Å². The summed E-state index contributed by atoms with van der Waals surface area (Å²) in [5, 5.41) is 7.43. The van der Waals surface area contributed by atoms with Gasteiger partial charge in [-0.25, -0.2) is 0 Å². The summed E-state index contributed by atoms with van der Waals surface area (Å²) in [4.78, 5) is 4.21. The van der Waals surface area contributed by atoms with E-state index in [2.05, 4.69) is 49.4 Å². The quantitative estimate of drug-likeness (QED) is 0.657. The van der Waals surface area contributed by atoms with E-state index in [1.165, 1.54) is 0 Å². The highest BCUT2D eigenvalue weighted by atomic mass is 35.5. The second-order valence-corrected chi connectivity index (χ2v) is 6.00. The highest BCUT2D eigenvalue weighted by Crippen LogP contribution is 2.28. The molecule has 0 aliphatic carbocycles. The summed E-state index contributed by atoms with van der Waals surface area (Å²) < 4.78 is 0. The molecule has 0 atom stereocenters. The molecule has 1 aromatic rings. The fourth-order valence-electron chi connectivity index (χ4n) is 1.88. The number of nitrogens with zero attached hydrogens (tertiary/aromatic N) is 1. The molecule has 0 heterocycles. The molecule has 0 amide bonds. The molecule has 1 rings (SSSR count). The van der Waals surface area contributed by atoms with E-state index in [1.54, 1.807) is 7.05 Å². The lowest BCUT2D eigenvalue weighted by Gasteiger charge is -2.28. The van der Waals surface area contributed by atoms with Crippen LogP contribution in [0, 0.1) is 0 Å². The van der Waals surface area contributed by atoms with Gasteiger partial charge in [-0.15, -0.1) is 0 Å². The first-order valence-electron chi connectivity index (χ1n) is 6.59. The molecule has 1 aromatic carbocycles. The van der Waals surface area contributed by atoms with E-state index >= 15 is 0 Å². The van der Waals surface area contributed by atoms with Gasteiger partial charge in [0.2, 0.25) is 0 Å². The molecule has 4 heteroatoms. The molecule has 0 saturated heterocycles. The van der Waals surface area contributed by atoms with Crippen molar-refractivity contribution in [1.82, 2.24) is 10.6 Å². The number of hydrogen-bond donors (Lipinski definition) is 2. The van der Waals surface area contributed by atoms with Gasteiger partial charge in [-0.3, -0.25) is 4.99 Å². The summed E-state index contributed by atoms with van der Waals surface area (Å²) in [7, 11) is 1.78. The Morgan fingerprint density at radius 2 is 1.95 bits per heavy atom. The number of nitrogens with one attached hydrogen (secondary N) is 2. The van der Waals surface area contributed by atoms with Crippen LogP contribution >= 0.6 is 11.6 Å². The average molecular weight is 282 g/mol. The van der Waals surface area contributed by atoms with E-state index in [4.69, 9.17) is 11.6 Å². The van der Waals surface area contributed by atoms with E-state index in [0.717, 1.165) is 23.1 Å². The lowest BCUT2D eigenvalue weighted by Crippen LogP contribution is -2.45. The molecule has 0 fully saturated rings. The Morgan fingerprint density at radius 3 is 2.47 bits per heavy atom.